The van der Waals surface area contributed by atoms with Crippen LogP contribution in [-0.4, -0.2) is 48.8 Å². The van der Waals surface area contributed by atoms with Crippen LogP contribution in [0.25, 0.3) is 0 Å². The summed E-state index contributed by atoms with van der Waals surface area (Å²) in [7, 11) is 0. The van der Waals surface area contributed by atoms with Gasteiger partial charge in [0, 0.05) is 19.2 Å². The Morgan fingerprint density at radius 2 is 1.94 bits per heavy atom. The molecule has 3 nitrogen and oxygen atoms in total. The second-order valence-corrected chi connectivity index (χ2v) is 6.08. The van der Waals surface area contributed by atoms with E-state index in [0.717, 1.165) is 19.4 Å². The number of hydrogen-bond donors (Lipinski definition) is 2. The Morgan fingerprint density at radius 1 is 1.29 bits per heavy atom. The molecule has 1 rings (SSSR count). The summed E-state index contributed by atoms with van der Waals surface area (Å²) in [5.41, 5.74) is 0.310. The number of piperidine rings is 1. The molecule has 0 bridgehead atoms. The van der Waals surface area contributed by atoms with E-state index in [-0.39, 0.29) is 0 Å². The first-order valence-corrected chi connectivity index (χ1v) is 7.14. The lowest BCUT2D eigenvalue weighted by Crippen LogP contribution is -2.45. The van der Waals surface area contributed by atoms with Crippen LogP contribution in [0.1, 0.15) is 46.5 Å². The van der Waals surface area contributed by atoms with Crippen molar-refractivity contribution in [3.8, 4) is 0 Å². The predicted molar refractivity (Wildman–Crippen MR) is 73.2 cm³/mol. The van der Waals surface area contributed by atoms with Crippen molar-refractivity contribution in [1.82, 2.24) is 10.2 Å². The van der Waals surface area contributed by atoms with Crippen LogP contribution in [0.5, 0.6) is 0 Å². The molecule has 2 N–H and O–H groups in total. The number of hydrogen-bond acceptors (Lipinski definition) is 3. The first-order chi connectivity index (χ1) is 8.07. The second-order valence-electron chi connectivity index (χ2n) is 6.08. The molecule has 0 saturated carbocycles. The van der Waals surface area contributed by atoms with Gasteiger partial charge in [0.2, 0.25) is 0 Å². The van der Waals surface area contributed by atoms with E-state index in [1.165, 1.54) is 32.5 Å². The highest BCUT2D eigenvalue weighted by atomic mass is 16.2. The summed E-state index contributed by atoms with van der Waals surface area (Å²) in [6.07, 6.45) is 4.58. The van der Waals surface area contributed by atoms with Crippen LogP contribution in [0.4, 0.5) is 0 Å². The third-order valence-electron chi connectivity index (χ3n) is 3.92. The van der Waals surface area contributed by atoms with Gasteiger partial charge in [-0.15, -0.1) is 0 Å². The molecule has 0 radical (unpaired) electrons. The molecule has 1 fully saturated rings. The fraction of sp³-hybridized carbons (Fsp3) is 1.00. The molecule has 0 aromatic rings. The van der Waals surface area contributed by atoms with Crippen LogP contribution >= 0.6 is 0 Å². The molecule has 0 atom stereocenters. The number of nitrogens with zero attached hydrogens (tertiary/aromatic N) is 1. The third-order valence-corrected chi connectivity index (χ3v) is 3.92. The Balaban J connectivity index is 2.18. The van der Waals surface area contributed by atoms with Crippen molar-refractivity contribution in [3.63, 3.8) is 0 Å². The van der Waals surface area contributed by atoms with E-state index in [9.17, 15) is 0 Å². The van der Waals surface area contributed by atoms with Gasteiger partial charge in [0.1, 0.15) is 0 Å². The lowest BCUT2D eigenvalue weighted by molar-refractivity contribution is 0.186. The highest BCUT2D eigenvalue weighted by molar-refractivity contribution is 4.80. The van der Waals surface area contributed by atoms with Crippen LogP contribution in [0, 0.1) is 5.41 Å². The van der Waals surface area contributed by atoms with Crippen molar-refractivity contribution in [2.75, 3.05) is 32.8 Å². The maximum atomic E-state index is 8.88. The molecule has 0 amide bonds. The van der Waals surface area contributed by atoms with Gasteiger partial charge in [-0.3, -0.25) is 0 Å². The monoisotopic (exact) mass is 242 g/mol. The largest absolute Gasteiger partial charge is 0.396 e. The van der Waals surface area contributed by atoms with Gasteiger partial charge in [0.05, 0.1) is 0 Å². The van der Waals surface area contributed by atoms with Gasteiger partial charge in [-0.2, -0.15) is 0 Å². The minimum atomic E-state index is 0.310. The van der Waals surface area contributed by atoms with Gasteiger partial charge in [-0.05, 0) is 50.7 Å². The standard InChI is InChI=1S/C14H30N2O/c1-4-16-9-6-13(7-10-16)15-12-14(2,3)8-5-11-17/h13,15,17H,4-12H2,1-3H3. The summed E-state index contributed by atoms with van der Waals surface area (Å²) in [6, 6.07) is 0.700. The maximum absolute atomic E-state index is 8.88. The average Bonchev–Trinajstić information content (AvgIpc) is 2.35. The zero-order valence-electron chi connectivity index (χ0n) is 11.8. The quantitative estimate of drug-likeness (QED) is 0.715. The first kappa shape index (κ1) is 14.9. The van der Waals surface area contributed by atoms with E-state index in [1.807, 2.05) is 0 Å². The summed E-state index contributed by atoms with van der Waals surface area (Å²) in [5, 5.41) is 12.6. The van der Waals surface area contributed by atoms with Crippen molar-refractivity contribution in [3.05, 3.63) is 0 Å². The minimum absolute atomic E-state index is 0.310. The molecular weight excluding hydrogens is 212 g/mol. The van der Waals surface area contributed by atoms with Gasteiger partial charge in [0.15, 0.2) is 0 Å². The zero-order valence-corrected chi connectivity index (χ0v) is 11.8. The molecule has 1 saturated heterocycles. The average molecular weight is 242 g/mol. The van der Waals surface area contributed by atoms with E-state index >= 15 is 0 Å². The molecule has 3 heteroatoms. The van der Waals surface area contributed by atoms with Gasteiger partial charge < -0.3 is 15.3 Å². The van der Waals surface area contributed by atoms with E-state index in [0.29, 0.717) is 18.1 Å². The Hall–Kier alpha value is -0.120. The summed E-state index contributed by atoms with van der Waals surface area (Å²) < 4.78 is 0. The summed E-state index contributed by atoms with van der Waals surface area (Å²) in [5.74, 6) is 0. The molecule has 17 heavy (non-hydrogen) atoms. The normalized spacial score (nSPS) is 19.8. The van der Waals surface area contributed by atoms with Gasteiger partial charge >= 0.3 is 0 Å². The lowest BCUT2D eigenvalue weighted by atomic mass is 9.87. The molecule has 0 aliphatic carbocycles. The van der Waals surface area contributed by atoms with Crippen LogP contribution < -0.4 is 5.32 Å². The zero-order chi connectivity index (χ0) is 12.7. The molecular formula is C14H30N2O. The van der Waals surface area contributed by atoms with Crippen LogP contribution in [-0.2, 0) is 0 Å². The van der Waals surface area contributed by atoms with Crippen LogP contribution in [0.3, 0.4) is 0 Å². The van der Waals surface area contributed by atoms with Crippen LogP contribution in [0.15, 0.2) is 0 Å². The van der Waals surface area contributed by atoms with Gasteiger partial charge in [0.25, 0.3) is 0 Å². The second kappa shape index (κ2) is 7.34. The highest BCUT2D eigenvalue weighted by Crippen LogP contribution is 2.21. The molecule has 0 spiro atoms. The Labute approximate surface area is 107 Å². The molecule has 1 aliphatic heterocycles. The Bertz CT molecular complexity index is 198. The maximum Gasteiger partial charge on any atom is 0.0431 e. The third kappa shape index (κ3) is 5.84. The minimum Gasteiger partial charge on any atom is -0.396 e. The van der Waals surface area contributed by atoms with Crippen molar-refractivity contribution in [1.29, 1.82) is 0 Å². The number of nitrogens with one attached hydrogen (secondary N) is 1. The predicted octanol–water partition coefficient (Wildman–Crippen LogP) is 1.86. The molecule has 1 heterocycles. The smallest absolute Gasteiger partial charge is 0.0431 e. The fourth-order valence-corrected chi connectivity index (χ4v) is 2.52. The van der Waals surface area contributed by atoms with Gasteiger partial charge in [-0.25, -0.2) is 0 Å². The SMILES string of the molecule is CCN1CCC(NCC(C)(C)CCCO)CC1. The topological polar surface area (TPSA) is 35.5 Å². The first-order valence-electron chi connectivity index (χ1n) is 7.14. The van der Waals surface area contributed by atoms with E-state index in [1.54, 1.807) is 0 Å². The molecule has 0 aromatic heterocycles. The van der Waals surface area contributed by atoms with E-state index < -0.39 is 0 Å². The van der Waals surface area contributed by atoms with Crippen molar-refractivity contribution in [2.45, 2.75) is 52.5 Å². The fourth-order valence-electron chi connectivity index (χ4n) is 2.52. The van der Waals surface area contributed by atoms with E-state index in [4.69, 9.17) is 5.11 Å². The molecule has 1 aliphatic rings. The van der Waals surface area contributed by atoms with E-state index in [2.05, 4.69) is 31.0 Å². The van der Waals surface area contributed by atoms with Gasteiger partial charge in [-0.1, -0.05) is 20.8 Å². The number of aliphatic hydroxyl groups excluding tert-OH is 1. The lowest BCUT2D eigenvalue weighted by Gasteiger charge is -2.34. The summed E-state index contributed by atoms with van der Waals surface area (Å²) in [6.45, 7) is 11.9. The summed E-state index contributed by atoms with van der Waals surface area (Å²) in [4.78, 5) is 2.52. The van der Waals surface area contributed by atoms with Crippen molar-refractivity contribution in [2.24, 2.45) is 5.41 Å². The Morgan fingerprint density at radius 3 is 2.47 bits per heavy atom. The molecule has 0 aromatic carbocycles. The molecule has 0 unspecified atom stereocenters. The molecule has 102 valence electrons. The number of rotatable bonds is 7. The van der Waals surface area contributed by atoms with Crippen molar-refractivity contribution >= 4 is 0 Å². The number of aliphatic hydroxyl groups is 1. The van der Waals surface area contributed by atoms with Crippen molar-refractivity contribution < 1.29 is 5.11 Å². The summed E-state index contributed by atoms with van der Waals surface area (Å²) >= 11 is 0. The van der Waals surface area contributed by atoms with Crippen LogP contribution in [0.2, 0.25) is 0 Å². The number of likely N-dealkylation sites (tertiary alicyclic amines) is 1. The Kier molecular flexibility index (Phi) is 6.45. The highest BCUT2D eigenvalue weighted by Gasteiger charge is 2.22.